The highest BCUT2D eigenvalue weighted by Gasteiger charge is 2.34. The Bertz CT molecular complexity index is 1410. The van der Waals surface area contributed by atoms with Gasteiger partial charge in [0.25, 0.3) is 21.8 Å². The minimum Gasteiger partial charge on any atom is -0.457 e. The lowest BCUT2D eigenvalue weighted by Gasteiger charge is -2.14. The normalized spacial score (nSPS) is 15.1. The predicted molar refractivity (Wildman–Crippen MR) is 120 cm³/mol. The molecule has 2 aromatic carbocycles. The third-order valence-corrected chi connectivity index (χ3v) is 6.28. The standard InChI is InChI=1S/C22H16ClN3O6S/c1-13(27)25-33(30,31)18-8-5-14(6-9-18)20-10-7-17(32-20)12-19-21(28)24-26(22(19)29)16-4-2-3-15(23)11-16/h2-12H,1H3,(H,24,28)(H,25,27)/b19-12+. The van der Waals surface area contributed by atoms with Crippen molar-refractivity contribution >= 4 is 51.1 Å². The fraction of sp³-hybridized carbons (Fsp3) is 0.0455. The number of nitrogens with zero attached hydrogens (tertiary/aromatic N) is 1. The van der Waals surface area contributed by atoms with Crippen molar-refractivity contribution in [2.75, 3.05) is 5.01 Å². The van der Waals surface area contributed by atoms with Crippen LogP contribution < -0.4 is 15.2 Å². The topological polar surface area (TPSA) is 126 Å². The summed E-state index contributed by atoms with van der Waals surface area (Å²) in [5.74, 6) is -1.20. The summed E-state index contributed by atoms with van der Waals surface area (Å²) in [6, 6.07) is 15.4. The Hall–Kier alpha value is -3.89. The van der Waals surface area contributed by atoms with Gasteiger partial charge in [-0.2, -0.15) is 0 Å². The second-order valence-corrected chi connectivity index (χ2v) is 9.13. The maximum Gasteiger partial charge on any atom is 0.282 e. The lowest BCUT2D eigenvalue weighted by molar-refractivity contribution is -0.118. The SMILES string of the molecule is CC(=O)NS(=O)(=O)c1ccc(-c2ccc(/C=C3\C(=O)NN(c4cccc(Cl)c4)C3=O)o2)cc1. The summed E-state index contributed by atoms with van der Waals surface area (Å²) in [6.45, 7) is 1.11. The van der Waals surface area contributed by atoms with Crippen molar-refractivity contribution in [2.45, 2.75) is 11.8 Å². The number of carbonyl (C=O) groups is 3. The number of rotatable bonds is 5. The number of halogens is 1. The Labute approximate surface area is 193 Å². The van der Waals surface area contributed by atoms with E-state index in [0.717, 1.165) is 11.9 Å². The van der Waals surface area contributed by atoms with E-state index in [2.05, 4.69) is 5.43 Å². The molecule has 0 atom stereocenters. The second kappa shape index (κ2) is 8.57. The minimum absolute atomic E-state index is 0.0790. The molecule has 3 amide bonds. The summed E-state index contributed by atoms with van der Waals surface area (Å²) in [5.41, 5.74) is 3.34. The zero-order chi connectivity index (χ0) is 23.8. The van der Waals surface area contributed by atoms with Crippen LogP contribution in [0.15, 0.2) is 75.5 Å². The monoisotopic (exact) mass is 485 g/mol. The van der Waals surface area contributed by atoms with Gasteiger partial charge in [-0.1, -0.05) is 17.7 Å². The van der Waals surface area contributed by atoms with Gasteiger partial charge in [0.15, 0.2) is 0 Å². The smallest absolute Gasteiger partial charge is 0.282 e. The van der Waals surface area contributed by atoms with E-state index >= 15 is 0 Å². The molecule has 2 N–H and O–H groups in total. The first-order valence-corrected chi connectivity index (χ1v) is 11.4. The molecule has 1 aliphatic heterocycles. The summed E-state index contributed by atoms with van der Waals surface area (Å²) in [7, 11) is -3.95. The van der Waals surface area contributed by atoms with Gasteiger partial charge in [0.1, 0.15) is 17.1 Å². The van der Waals surface area contributed by atoms with E-state index in [1.165, 1.54) is 30.3 Å². The maximum atomic E-state index is 12.7. The molecule has 168 valence electrons. The lowest BCUT2D eigenvalue weighted by atomic mass is 10.2. The lowest BCUT2D eigenvalue weighted by Crippen LogP contribution is -2.35. The summed E-state index contributed by atoms with van der Waals surface area (Å²) in [6.07, 6.45) is 1.32. The summed E-state index contributed by atoms with van der Waals surface area (Å²) < 4.78 is 31.7. The Kier molecular flexibility index (Phi) is 5.79. The van der Waals surface area contributed by atoms with E-state index in [4.69, 9.17) is 16.0 Å². The molecule has 33 heavy (non-hydrogen) atoms. The van der Waals surface area contributed by atoms with E-state index in [-0.39, 0.29) is 16.2 Å². The maximum absolute atomic E-state index is 12.7. The Balaban J connectivity index is 1.56. The summed E-state index contributed by atoms with van der Waals surface area (Å²) >= 11 is 5.96. The first-order chi connectivity index (χ1) is 15.6. The van der Waals surface area contributed by atoms with Gasteiger partial charge < -0.3 is 4.42 Å². The fourth-order valence-electron chi connectivity index (χ4n) is 3.13. The second-order valence-electron chi connectivity index (χ2n) is 7.01. The first kappa shape index (κ1) is 22.3. The number of hydrazine groups is 1. The van der Waals surface area contributed by atoms with Crippen LogP contribution in [0, 0.1) is 0 Å². The fourth-order valence-corrected chi connectivity index (χ4v) is 4.30. The molecule has 0 saturated carbocycles. The van der Waals surface area contributed by atoms with Gasteiger partial charge in [0, 0.05) is 17.5 Å². The molecule has 1 fully saturated rings. The first-order valence-electron chi connectivity index (χ1n) is 9.50. The van der Waals surface area contributed by atoms with Crippen LogP contribution in [0.3, 0.4) is 0 Å². The molecule has 4 rings (SSSR count). The van der Waals surface area contributed by atoms with Crippen LogP contribution in [-0.4, -0.2) is 26.1 Å². The highest BCUT2D eigenvalue weighted by Crippen LogP contribution is 2.27. The molecule has 0 unspecified atom stereocenters. The van der Waals surface area contributed by atoms with Gasteiger partial charge in [-0.05, 0) is 60.7 Å². The number of furan rings is 1. The number of hydrogen-bond acceptors (Lipinski definition) is 6. The van der Waals surface area contributed by atoms with Crippen molar-refractivity contribution in [3.05, 3.63) is 77.0 Å². The van der Waals surface area contributed by atoms with Gasteiger partial charge in [-0.25, -0.2) is 18.1 Å². The van der Waals surface area contributed by atoms with Gasteiger partial charge in [-0.3, -0.25) is 19.8 Å². The molecule has 1 saturated heterocycles. The quantitative estimate of drug-likeness (QED) is 0.422. The molecule has 11 heteroatoms. The van der Waals surface area contributed by atoms with E-state index in [9.17, 15) is 22.8 Å². The van der Waals surface area contributed by atoms with E-state index in [0.29, 0.717) is 22.0 Å². The molecule has 0 aliphatic carbocycles. The van der Waals surface area contributed by atoms with Crippen molar-refractivity contribution in [3.63, 3.8) is 0 Å². The highest BCUT2D eigenvalue weighted by molar-refractivity contribution is 7.90. The molecular formula is C22H16ClN3O6S. The van der Waals surface area contributed by atoms with Gasteiger partial charge in [0.05, 0.1) is 10.6 Å². The largest absolute Gasteiger partial charge is 0.457 e. The van der Waals surface area contributed by atoms with Gasteiger partial charge in [0.2, 0.25) is 5.91 Å². The third kappa shape index (κ3) is 4.66. The third-order valence-electron chi connectivity index (χ3n) is 4.60. The molecule has 3 aromatic rings. The zero-order valence-corrected chi connectivity index (χ0v) is 18.6. The van der Waals surface area contributed by atoms with E-state index < -0.39 is 27.7 Å². The van der Waals surface area contributed by atoms with Crippen molar-refractivity contribution in [3.8, 4) is 11.3 Å². The van der Waals surface area contributed by atoms with Crippen molar-refractivity contribution in [2.24, 2.45) is 0 Å². The average Bonchev–Trinajstić information content (AvgIpc) is 3.33. The number of sulfonamides is 1. The van der Waals surface area contributed by atoms with Gasteiger partial charge in [-0.15, -0.1) is 0 Å². The van der Waals surface area contributed by atoms with E-state index in [1.54, 1.807) is 36.4 Å². The summed E-state index contributed by atoms with van der Waals surface area (Å²) in [4.78, 5) is 36.0. The van der Waals surface area contributed by atoms with Crippen molar-refractivity contribution in [1.82, 2.24) is 10.1 Å². The van der Waals surface area contributed by atoms with Crippen LogP contribution in [0.4, 0.5) is 5.69 Å². The average molecular weight is 486 g/mol. The molecule has 0 spiro atoms. The number of hydrogen-bond donors (Lipinski definition) is 2. The number of nitrogens with one attached hydrogen (secondary N) is 2. The molecule has 1 aromatic heterocycles. The highest BCUT2D eigenvalue weighted by atomic mass is 35.5. The van der Waals surface area contributed by atoms with Crippen LogP contribution in [-0.2, 0) is 24.4 Å². The number of anilines is 1. The Morgan fingerprint density at radius 3 is 2.48 bits per heavy atom. The molecule has 1 aliphatic rings. The summed E-state index contributed by atoms with van der Waals surface area (Å²) in [5, 5.41) is 1.51. The van der Waals surface area contributed by atoms with E-state index in [1.807, 2.05) is 4.72 Å². The minimum atomic E-state index is -3.95. The molecule has 9 nitrogen and oxygen atoms in total. The van der Waals surface area contributed by atoms with Crippen LogP contribution in [0.5, 0.6) is 0 Å². The predicted octanol–water partition coefficient (Wildman–Crippen LogP) is 2.89. The number of carbonyl (C=O) groups excluding carboxylic acids is 3. The van der Waals surface area contributed by atoms with Crippen LogP contribution >= 0.6 is 11.6 Å². The Morgan fingerprint density at radius 1 is 1.09 bits per heavy atom. The van der Waals surface area contributed by atoms with Crippen LogP contribution in [0.25, 0.3) is 17.4 Å². The number of benzene rings is 2. The van der Waals surface area contributed by atoms with Crippen LogP contribution in [0.1, 0.15) is 12.7 Å². The molecule has 0 bridgehead atoms. The van der Waals surface area contributed by atoms with Crippen molar-refractivity contribution in [1.29, 1.82) is 0 Å². The van der Waals surface area contributed by atoms with Gasteiger partial charge >= 0.3 is 0 Å². The van der Waals surface area contributed by atoms with Crippen molar-refractivity contribution < 1.29 is 27.2 Å². The molecular weight excluding hydrogens is 470 g/mol. The zero-order valence-electron chi connectivity index (χ0n) is 17.0. The van der Waals surface area contributed by atoms with Crippen LogP contribution in [0.2, 0.25) is 5.02 Å². The molecule has 0 radical (unpaired) electrons. The number of amides is 3. The molecule has 2 heterocycles. The Morgan fingerprint density at radius 2 is 1.82 bits per heavy atom.